The van der Waals surface area contributed by atoms with Gasteiger partial charge in [-0.05, 0) is 51.0 Å². The van der Waals surface area contributed by atoms with Crippen LogP contribution in [0.15, 0.2) is 18.2 Å². The molecule has 1 rings (SSSR count). The maximum atomic E-state index is 12.0. The van der Waals surface area contributed by atoms with Crippen molar-refractivity contribution in [1.29, 1.82) is 0 Å². The Morgan fingerprint density at radius 2 is 1.90 bits per heavy atom. The number of rotatable bonds is 5. The smallest absolute Gasteiger partial charge is 0.329 e. The Kier molecular flexibility index (Phi) is 5.16. The maximum absolute atomic E-state index is 12.0. The number of carbonyl (C=O) groups excluding carboxylic acids is 1. The molecular formula is C14H21NO4S. The minimum atomic E-state index is -3.58. The molecule has 0 saturated carbocycles. The molecule has 1 aromatic carbocycles. The second kappa shape index (κ2) is 6.26. The van der Waals surface area contributed by atoms with Crippen LogP contribution in [0.25, 0.3) is 0 Å². The third kappa shape index (κ3) is 3.72. The van der Waals surface area contributed by atoms with Crippen LogP contribution in [0.5, 0.6) is 0 Å². The molecule has 0 N–H and O–H groups in total. The molecule has 6 heteroatoms. The molecule has 20 heavy (non-hydrogen) atoms. The van der Waals surface area contributed by atoms with Crippen LogP contribution < -0.4 is 4.31 Å². The van der Waals surface area contributed by atoms with Gasteiger partial charge >= 0.3 is 5.97 Å². The summed E-state index contributed by atoms with van der Waals surface area (Å²) in [6, 6.07) is 4.39. The van der Waals surface area contributed by atoms with Crippen molar-refractivity contribution in [2.45, 2.75) is 33.7 Å². The maximum Gasteiger partial charge on any atom is 0.329 e. The summed E-state index contributed by atoms with van der Waals surface area (Å²) < 4.78 is 30.0. The van der Waals surface area contributed by atoms with Crippen molar-refractivity contribution in [3.05, 3.63) is 29.3 Å². The zero-order valence-electron chi connectivity index (χ0n) is 12.5. The van der Waals surface area contributed by atoms with Crippen molar-refractivity contribution < 1.29 is 17.9 Å². The number of carbonyl (C=O) groups is 1. The summed E-state index contributed by atoms with van der Waals surface area (Å²) in [7, 11) is -3.58. The Bertz CT molecular complexity index is 595. The van der Waals surface area contributed by atoms with Crippen LogP contribution >= 0.6 is 0 Å². The molecule has 5 nitrogen and oxygen atoms in total. The molecule has 1 aromatic rings. The molecule has 112 valence electrons. The van der Waals surface area contributed by atoms with Gasteiger partial charge in [0.15, 0.2) is 0 Å². The van der Waals surface area contributed by atoms with Crippen LogP contribution in [-0.2, 0) is 19.6 Å². The number of esters is 1. The van der Waals surface area contributed by atoms with Crippen molar-refractivity contribution in [3.8, 4) is 0 Å². The van der Waals surface area contributed by atoms with Crippen LogP contribution in [0.4, 0.5) is 5.69 Å². The van der Waals surface area contributed by atoms with E-state index < -0.39 is 22.0 Å². The third-order valence-electron chi connectivity index (χ3n) is 3.08. The predicted molar refractivity (Wildman–Crippen MR) is 79.3 cm³/mol. The van der Waals surface area contributed by atoms with E-state index in [1.165, 1.54) is 6.92 Å². The third-order valence-corrected chi connectivity index (χ3v) is 4.32. The van der Waals surface area contributed by atoms with Crippen LogP contribution in [-0.4, -0.2) is 33.3 Å². The first-order chi connectivity index (χ1) is 9.18. The van der Waals surface area contributed by atoms with Crippen molar-refractivity contribution in [2.75, 3.05) is 17.2 Å². The highest BCUT2D eigenvalue weighted by molar-refractivity contribution is 7.92. The molecule has 0 bridgehead atoms. The highest BCUT2D eigenvalue weighted by atomic mass is 32.2. The monoisotopic (exact) mass is 299 g/mol. The molecule has 0 spiro atoms. The minimum Gasteiger partial charge on any atom is -0.464 e. The zero-order valence-corrected chi connectivity index (χ0v) is 13.3. The second-order valence-electron chi connectivity index (χ2n) is 4.76. The average molecular weight is 299 g/mol. The van der Waals surface area contributed by atoms with Crippen molar-refractivity contribution >= 4 is 21.7 Å². The van der Waals surface area contributed by atoms with E-state index in [4.69, 9.17) is 4.74 Å². The lowest BCUT2D eigenvalue weighted by Crippen LogP contribution is -2.43. The van der Waals surface area contributed by atoms with Crippen molar-refractivity contribution in [1.82, 2.24) is 0 Å². The normalized spacial score (nSPS) is 12.8. The van der Waals surface area contributed by atoms with Gasteiger partial charge < -0.3 is 4.74 Å². The summed E-state index contributed by atoms with van der Waals surface area (Å²) in [6.45, 7) is 7.26. The molecule has 0 radical (unpaired) electrons. The molecule has 0 fully saturated rings. The second-order valence-corrected chi connectivity index (χ2v) is 6.61. The molecule has 0 aliphatic heterocycles. The highest BCUT2D eigenvalue weighted by Crippen LogP contribution is 2.24. The van der Waals surface area contributed by atoms with Gasteiger partial charge in [0.1, 0.15) is 6.04 Å². The lowest BCUT2D eigenvalue weighted by atomic mass is 10.1. The fraction of sp³-hybridized carbons (Fsp3) is 0.500. The van der Waals surface area contributed by atoms with Crippen molar-refractivity contribution in [3.63, 3.8) is 0 Å². The first-order valence-corrected chi connectivity index (χ1v) is 8.26. The number of ether oxygens (including phenoxy) is 1. The van der Waals surface area contributed by atoms with Crippen LogP contribution in [0.3, 0.4) is 0 Å². The first-order valence-electron chi connectivity index (χ1n) is 6.41. The number of aryl methyl sites for hydroxylation is 2. The predicted octanol–water partition coefficient (Wildman–Crippen LogP) is 2.02. The largest absolute Gasteiger partial charge is 0.464 e. The zero-order chi connectivity index (χ0) is 15.5. The van der Waals surface area contributed by atoms with Crippen LogP contribution in [0.2, 0.25) is 0 Å². The molecule has 0 aliphatic carbocycles. The number of sulfonamides is 1. The summed E-state index contributed by atoms with van der Waals surface area (Å²) in [5.74, 6) is -0.559. The fourth-order valence-electron chi connectivity index (χ4n) is 1.92. The quantitative estimate of drug-likeness (QED) is 0.780. The lowest BCUT2D eigenvalue weighted by molar-refractivity contribution is -0.144. The Labute approximate surface area is 120 Å². The molecular weight excluding hydrogens is 278 g/mol. The molecule has 0 amide bonds. The van der Waals surface area contributed by atoms with Gasteiger partial charge in [0.25, 0.3) is 0 Å². The van der Waals surface area contributed by atoms with E-state index in [-0.39, 0.29) is 6.61 Å². The number of anilines is 1. The standard InChI is InChI=1S/C14H21NO4S/c1-6-19-14(16)12(4)15(20(5,17)18)13-8-7-10(2)11(3)9-13/h7-9,12H,6H2,1-5H3/t12-/m1/s1. The summed E-state index contributed by atoms with van der Waals surface area (Å²) >= 11 is 0. The summed E-state index contributed by atoms with van der Waals surface area (Å²) in [6.07, 6.45) is 1.08. The van der Waals surface area contributed by atoms with Gasteiger partial charge in [-0.2, -0.15) is 0 Å². The Morgan fingerprint density at radius 1 is 1.30 bits per heavy atom. The topological polar surface area (TPSA) is 63.7 Å². The number of hydrogen-bond acceptors (Lipinski definition) is 4. The van der Waals surface area contributed by atoms with E-state index in [1.807, 2.05) is 19.9 Å². The Morgan fingerprint density at radius 3 is 2.35 bits per heavy atom. The van der Waals surface area contributed by atoms with Gasteiger partial charge in [0.2, 0.25) is 10.0 Å². The SMILES string of the molecule is CCOC(=O)[C@@H](C)N(c1ccc(C)c(C)c1)S(C)(=O)=O. The van der Waals surface area contributed by atoms with Crippen molar-refractivity contribution in [2.24, 2.45) is 0 Å². The number of nitrogens with zero attached hydrogens (tertiary/aromatic N) is 1. The molecule has 0 saturated heterocycles. The fourth-order valence-corrected chi connectivity index (χ4v) is 3.08. The van der Waals surface area contributed by atoms with E-state index in [0.29, 0.717) is 5.69 Å². The minimum absolute atomic E-state index is 0.216. The van der Waals surface area contributed by atoms with Gasteiger partial charge in [0.05, 0.1) is 18.6 Å². The van der Waals surface area contributed by atoms with Gasteiger partial charge in [-0.25, -0.2) is 13.2 Å². The Balaban J connectivity index is 3.26. The van der Waals surface area contributed by atoms with Crippen LogP contribution in [0, 0.1) is 13.8 Å². The van der Waals surface area contributed by atoms with Gasteiger partial charge in [0, 0.05) is 0 Å². The number of benzene rings is 1. The van der Waals surface area contributed by atoms with Gasteiger partial charge in [-0.3, -0.25) is 4.31 Å². The molecule has 0 aliphatic rings. The lowest BCUT2D eigenvalue weighted by Gasteiger charge is -2.28. The first kappa shape index (κ1) is 16.5. The van der Waals surface area contributed by atoms with E-state index >= 15 is 0 Å². The highest BCUT2D eigenvalue weighted by Gasteiger charge is 2.30. The number of hydrogen-bond donors (Lipinski definition) is 0. The molecule has 0 aromatic heterocycles. The van der Waals surface area contributed by atoms with Gasteiger partial charge in [-0.15, -0.1) is 0 Å². The summed E-state index contributed by atoms with van der Waals surface area (Å²) in [5.41, 5.74) is 2.49. The van der Waals surface area contributed by atoms with Crippen LogP contribution in [0.1, 0.15) is 25.0 Å². The molecule has 1 atom stereocenters. The molecule has 0 heterocycles. The summed E-state index contributed by atoms with van der Waals surface area (Å²) in [4.78, 5) is 11.8. The summed E-state index contributed by atoms with van der Waals surface area (Å²) in [5, 5.41) is 0. The molecule has 0 unspecified atom stereocenters. The van der Waals surface area contributed by atoms with Gasteiger partial charge in [-0.1, -0.05) is 6.07 Å². The van der Waals surface area contributed by atoms with E-state index in [1.54, 1.807) is 19.1 Å². The Hall–Kier alpha value is -1.56. The average Bonchev–Trinajstić information content (AvgIpc) is 2.32. The van der Waals surface area contributed by atoms with E-state index in [2.05, 4.69) is 0 Å². The van der Waals surface area contributed by atoms with E-state index in [0.717, 1.165) is 21.7 Å². The van der Waals surface area contributed by atoms with E-state index in [9.17, 15) is 13.2 Å².